The Morgan fingerprint density at radius 1 is 0.899 bits per heavy atom. The molecule has 396 valence electrons. The molecular weight excluding hydrogens is 895 g/mol. The molecule has 6 N–H and O–H groups in total. The third-order valence-corrected chi connectivity index (χ3v) is 14.7. The van der Waals surface area contributed by atoms with Crippen LogP contribution in [-0.2, 0) is 49.4 Å². The van der Waals surface area contributed by atoms with E-state index in [4.69, 9.17) is 38.0 Å². The molecule has 0 spiro atoms. The monoisotopic (exact) mass is 982 g/mol. The molecule has 18 atom stereocenters. The van der Waals surface area contributed by atoms with Crippen molar-refractivity contribution in [2.24, 2.45) is 28.8 Å². The summed E-state index contributed by atoms with van der Waals surface area (Å²) in [5, 5.41) is 67.2. The summed E-state index contributed by atoms with van der Waals surface area (Å²) in [7, 11) is 5.22. The summed E-state index contributed by atoms with van der Waals surface area (Å²) in [6.45, 7) is 18.0. The number of cyclic esters (lactones) is 1. The number of amides is 1. The summed E-state index contributed by atoms with van der Waals surface area (Å²) in [5.41, 5.74) is -3.56. The number of oxime groups is 1. The lowest BCUT2D eigenvalue weighted by Gasteiger charge is -2.49. The van der Waals surface area contributed by atoms with Crippen LogP contribution in [0, 0.1) is 23.7 Å². The highest BCUT2D eigenvalue weighted by Gasteiger charge is 2.53. The van der Waals surface area contributed by atoms with Gasteiger partial charge in [-0.15, -0.1) is 0 Å². The lowest BCUT2D eigenvalue weighted by atomic mass is 9.73. The summed E-state index contributed by atoms with van der Waals surface area (Å²) in [5.74, 6) is -4.13. The van der Waals surface area contributed by atoms with E-state index >= 15 is 0 Å². The van der Waals surface area contributed by atoms with Crippen LogP contribution in [0.3, 0.4) is 0 Å². The zero-order valence-electron chi connectivity index (χ0n) is 43.5. The number of hydrogen-bond acceptors (Lipinski definition) is 17. The van der Waals surface area contributed by atoms with E-state index in [2.05, 4.69) is 10.5 Å². The molecule has 18 heteroatoms. The van der Waals surface area contributed by atoms with Gasteiger partial charge in [0.25, 0.3) is 0 Å². The van der Waals surface area contributed by atoms with Gasteiger partial charge in [0.05, 0.1) is 53.4 Å². The Bertz CT molecular complexity index is 1750. The predicted octanol–water partition coefficient (Wildman–Crippen LogP) is 5.08. The third kappa shape index (κ3) is 15.5. The first-order valence-corrected chi connectivity index (χ1v) is 25.0. The minimum absolute atomic E-state index is 0.0205. The summed E-state index contributed by atoms with van der Waals surface area (Å²) >= 11 is 0. The van der Waals surface area contributed by atoms with Crippen molar-refractivity contribution in [1.82, 2.24) is 10.2 Å². The van der Waals surface area contributed by atoms with Crippen molar-refractivity contribution in [1.29, 1.82) is 0 Å². The van der Waals surface area contributed by atoms with Gasteiger partial charge in [-0.25, -0.2) is 4.79 Å². The Balaban J connectivity index is 1.64. The maximum atomic E-state index is 14.5. The van der Waals surface area contributed by atoms with Crippen molar-refractivity contribution in [2.45, 2.75) is 211 Å². The molecule has 69 heavy (non-hydrogen) atoms. The van der Waals surface area contributed by atoms with E-state index in [1.54, 1.807) is 48.5 Å². The second-order valence-electron chi connectivity index (χ2n) is 20.8. The Hall–Kier alpha value is -3.01. The van der Waals surface area contributed by atoms with Gasteiger partial charge in [0, 0.05) is 43.9 Å². The number of carbonyl (C=O) groups is 2. The number of rotatable bonds is 17. The van der Waals surface area contributed by atoms with Crippen molar-refractivity contribution in [3.05, 3.63) is 35.9 Å². The second-order valence-corrected chi connectivity index (χ2v) is 20.8. The lowest BCUT2D eigenvalue weighted by molar-refractivity contribution is -0.317. The molecule has 3 aliphatic rings. The number of carbonyl (C=O) groups excluding carboxylic acids is 2. The fourth-order valence-electron chi connectivity index (χ4n) is 10.3. The van der Waals surface area contributed by atoms with Crippen LogP contribution >= 0.6 is 0 Å². The quantitative estimate of drug-likeness (QED) is 0.0679. The summed E-state index contributed by atoms with van der Waals surface area (Å²) in [6, 6.07) is 9.12. The van der Waals surface area contributed by atoms with E-state index in [9.17, 15) is 35.1 Å². The van der Waals surface area contributed by atoms with Gasteiger partial charge in [-0.1, -0.05) is 69.6 Å². The van der Waals surface area contributed by atoms with Gasteiger partial charge in [-0.2, -0.15) is 0 Å². The molecule has 0 unspecified atom stereocenters. The summed E-state index contributed by atoms with van der Waals surface area (Å²) in [6.07, 6.45) is -7.09. The number of aliphatic hydroxyl groups excluding tert-OH is 3. The zero-order chi connectivity index (χ0) is 51.4. The number of esters is 1. The highest BCUT2D eigenvalue weighted by molar-refractivity contribution is 5.88. The SMILES string of the molecule is CC[C@H]1OC(=O)[C@H](C)[C@@H](O[C@H]2C[C@@](C)(OC)[C@@H](O)[C@H](C)O2)[C@H](C)[C@@H](O[C@@H]2O[C@H](C)C[C@H](N(C)C)[C@H]2O)[C@](C)(O)C[C@@H](C)/C(=N\OCCCCCCNC(=O)OCc2ccccc2)[C@H](C)[C@@H](O)[C@]1(C)O. The van der Waals surface area contributed by atoms with E-state index in [-0.39, 0.29) is 44.6 Å². The molecule has 3 saturated heterocycles. The number of alkyl carbamates (subject to hydrolysis) is 1. The number of nitrogens with one attached hydrogen (secondary N) is 1. The fraction of sp³-hybridized carbons (Fsp3) is 0.824. The van der Waals surface area contributed by atoms with Gasteiger partial charge in [0.1, 0.15) is 37.1 Å². The Labute approximate surface area is 410 Å². The van der Waals surface area contributed by atoms with Crippen LogP contribution in [0.5, 0.6) is 0 Å². The van der Waals surface area contributed by atoms with Gasteiger partial charge in [-0.05, 0) is 99.7 Å². The summed E-state index contributed by atoms with van der Waals surface area (Å²) < 4.78 is 43.2. The molecule has 3 heterocycles. The fourth-order valence-corrected chi connectivity index (χ4v) is 10.3. The second kappa shape index (κ2) is 26.1. The van der Waals surface area contributed by atoms with Gasteiger partial charge in [-0.3, -0.25) is 4.79 Å². The van der Waals surface area contributed by atoms with Gasteiger partial charge >= 0.3 is 12.1 Å². The van der Waals surface area contributed by atoms with Crippen molar-refractivity contribution in [2.75, 3.05) is 34.4 Å². The normalized spacial score (nSPS) is 40.2. The van der Waals surface area contributed by atoms with E-state index in [1.807, 2.05) is 63.2 Å². The average molecular weight is 982 g/mol. The van der Waals surface area contributed by atoms with Gasteiger partial charge < -0.3 is 73.7 Å². The first-order chi connectivity index (χ1) is 32.4. The smallest absolute Gasteiger partial charge is 0.407 e. The zero-order valence-corrected chi connectivity index (χ0v) is 43.5. The molecule has 0 radical (unpaired) electrons. The molecule has 18 nitrogen and oxygen atoms in total. The number of methoxy groups -OCH3 is 1. The number of hydrogen-bond donors (Lipinski definition) is 6. The number of unbranched alkanes of at least 4 members (excludes halogenated alkanes) is 3. The highest BCUT2D eigenvalue weighted by Crippen LogP contribution is 2.41. The Morgan fingerprint density at radius 3 is 2.20 bits per heavy atom. The standard InChI is InChI=1S/C51H87N3O15/c1-14-38-51(10,61)43(56)32(4)40(53-64-25-21-16-15-20-24-52-48(59)63-29-36-22-18-17-19-23-36)30(2)27-49(8,60)45(69-47-41(55)37(54(11)12)26-31(3)65-47)33(5)42(34(6)46(58)67-38)68-39-28-50(9,62-13)44(57)35(7)66-39/h17-19,22-23,30-35,37-39,41-45,47,55-57,60-61H,14-16,20-21,24-29H2,1-13H3,(H,52,59)/b53-40+/t30-,31-,32+,33+,34-,35+,37+,38-,39+,41-,42+,43-,44+,45-,47+,49-,50-,51-/m1/s1. The largest absolute Gasteiger partial charge is 0.459 e. The first kappa shape index (κ1) is 58.6. The predicted molar refractivity (Wildman–Crippen MR) is 258 cm³/mol. The minimum Gasteiger partial charge on any atom is -0.459 e. The van der Waals surface area contributed by atoms with Crippen LogP contribution in [0.15, 0.2) is 35.5 Å². The number of nitrogens with zero attached hydrogens (tertiary/aromatic N) is 2. The molecule has 1 aromatic carbocycles. The summed E-state index contributed by atoms with van der Waals surface area (Å²) in [4.78, 5) is 34.4. The molecular formula is C51H87N3O15. The van der Waals surface area contributed by atoms with Crippen LogP contribution in [0.2, 0.25) is 0 Å². The maximum absolute atomic E-state index is 14.5. The average Bonchev–Trinajstić information content (AvgIpc) is 3.30. The van der Waals surface area contributed by atoms with Crippen molar-refractivity contribution >= 4 is 17.8 Å². The molecule has 0 aliphatic carbocycles. The molecule has 0 aromatic heterocycles. The molecule has 3 aliphatic heterocycles. The topological polar surface area (TPSA) is 237 Å². The maximum Gasteiger partial charge on any atom is 0.407 e. The highest BCUT2D eigenvalue weighted by atomic mass is 16.7. The van der Waals surface area contributed by atoms with Crippen molar-refractivity contribution < 1.29 is 73.1 Å². The molecule has 1 amide bonds. The molecule has 3 fully saturated rings. The number of likely N-dealkylation sites (N-methyl/N-ethyl adjacent to an activating group) is 1. The van der Waals surface area contributed by atoms with Crippen molar-refractivity contribution in [3.63, 3.8) is 0 Å². The molecule has 4 rings (SSSR count). The number of benzene rings is 1. The van der Waals surface area contributed by atoms with E-state index in [0.717, 1.165) is 24.8 Å². The van der Waals surface area contributed by atoms with Crippen LogP contribution in [-0.4, -0.2) is 167 Å². The lowest BCUT2D eigenvalue weighted by Crippen LogP contribution is -2.61. The van der Waals surface area contributed by atoms with Crippen LogP contribution < -0.4 is 5.32 Å². The third-order valence-electron chi connectivity index (χ3n) is 14.7. The van der Waals surface area contributed by atoms with E-state index in [0.29, 0.717) is 25.1 Å². The van der Waals surface area contributed by atoms with Gasteiger partial charge in [0.15, 0.2) is 12.6 Å². The Kier molecular flexibility index (Phi) is 22.1. The first-order valence-electron chi connectivity index (χ1n) is 25.0. The number of ether oxygens (including phenoxy) is 7. The number of aliphatic hydroxyl groups is 5. The van der Waals surface area contributed by atoms with Crippen LogP contribution in [0.25, 0.3) is 0 Å². The van der Waals surface area contributed by atoms with Crippen molar-refractivity contribution in [3.8, 4) is 0 Å². The van der Waals surface area contributed by atoms with Crippen LogP contribution in [0.4, 0.5) is 4.79 Å². The van der Waals surface area contributed by atoms with E-state index < -0.39 is 108 Å². The minimum atomic E-state index is -1.97. The Morgan fingerprint density at radius 2 is 1.57 bits per heavy atom. The molecule has 1 aromatic rings. The van der Waals surface area contributed by atoms with Gasteiger partial charge in [0.2, 0.25) is 0 Å². The van der Waals surface area contributed by atoms with E-state index in [1.165, 1.54) is 14.0 Å². The van der Waals surface area contributed by atoms with Crippen LogP contribution in [0.1, 0.15) is 126 Å². The molecule has 0 bridgehead atoms. The molecule has 0 saturated carbocycles.